The van der Waals surface area contributed by atoms with E-state index in [2.05, 4.69) is 11.8 Å². The Morgan fingerprint density at radius 2 is 1.00 bits per heavy atom. The van der Waals surface area contributed by atoms with Gasteiger partial charge in [0.1, 0.15) is 11.2 Å². The average Bonchev–Trinajstić information content (AvgIpc) is 2.99. The molecule has 0 aliphatic heterocycles. The van der Waals surface area contributed by atoms with Crippen molar-refractivity contribution in [3.63, 3.8) is 0 Å². The van der Waals surface area contributed by atoms with Gasteiger partial charge < -0.3 is 10.0 Å². The lowest BCUT2D eigenvalue weighted by Gasteiger charge is -2.38. The van der Waals surface area contributed by atoms with E-state index in [4.69, 9.17) is 0 Å². The molecule has 0 radical (unpaired) electrons. The largest absolute Gasteiger partial charge is 0.480 e. The van der Waals surface area contributed by atoms with E-state index in [1.807, 2.05) is 135 Å². The highest BCUT2D eigenvalue weighted by Gasteiger charge is 2.45. The number of carbonyl (C=O) groups excluding carboxylic acids is 1. The van der Waals surface area contributed by atoms with Crippen LogP contribution in [0.4, 0.5) is 0 Å². The van der Waals surface area contributed by atoms with Crippen molar-refractivity contribution in [3.8, 4) is 0 Å². The van der Waals surface area contributed by atoms with Crippen molar-refractivity contribution in [2.24, 2.45) is 0 Å². The van der Waals surface area contributed by atoms with Crippen molar-refractivity contribution in [2.75, 3.05) is 14.1 Å². The number of carbonyl (C=O) groups is 2. The van der Waals surface area contributed by atoms with Crippen LogP contribution in [0, 0.1) is 0 Å². The van der Waals surface area contributed by atoms with E-state index in [0.717, 1.165) is 22.3 Å². The van der Waals surface area contributed by atoms with E-state index in [9.17, 15) is 14.7 Å². The molecule has 4 heteroatoms. The number of hydrogen-bond donors (Lipinski definition) is 1. The van der Waals surface area contributed by atoms with Crippen LogP contribution in [0.25, 0.3) is 0 Å². The van der Waals surface area contributed by atoms with E-state index >= 15 is 0 Å². The summed E-state index contributed by atoms with van der Waals surface area (Å²) in [6, 6.07) is 39.0. The van der Waals surface area contributed by atoms with Gasteiger partial charge in [-0.3, -0.25) is 9.59 Å². The zero-order valence-corrected chi connectivity index (χ0v) is 23.7. The van der Waals surface area contributed by atoms with Crippen LogP contribution in [0.1, 0.15) is 54.9 Å². The quantitative estimate of drug-likeness (QED) is 0.199. The number of carboxylic acid groups (broad SMARTS) is 1. The summed E-state index contributed by atoms with van der Waals surface area (Å²) in [5, 5.41) is 10.7. The van der Waals surface area contributed by atoms with Crippen molar-refractivity contribution in [3.05, 3.63) is 144 Å². The fraction of sp³-hybridized carbons (Fsp3) is 0.278. The highest BCUT2D eigenvalue weighted by molar-refractivity contribution is 5.94. The van der Waals surface area contributed by atoms with Crippen LogP contribution in [0.3, 0.4) is 0 Å². The minimum absolute atomic E-state index is 0.110. The molecular formula is C36H39NO3. The molecule has 4 aromatic carbocycles. The second-order valence-corrected chi connectivity index (χ2v) is 10.9. The lowest BCUT2D eigenvalue weighted by Crippen LogP contribution is -2.43. The van der Waals surface area contributed by atoms with Crippen LogP contribution in [0.5, 0.6) is 0 Å². The maximum atomic E-state index is 14.6. The molecule has 40 heavy (non-hydrogen) atoms. The lowest BCUT2D eigenvalue weighted by molar-refractivity contribution is -0.142. The summed E-state index contributed by atoms with van der Waals surface area (Å²) in [7, 11) is 4.08. The summed E-state index contributed by atoms with van der Waals surface area (Å²) in [5.74, 6) is -0.796. The Bertz CT molecular complexity index is 1290. The van der Waals surface area contributed by atoms with E-state index in [1.54, 1.807) is 0 Å². The van der Waals surface area contributed by atoms with Crippen molar-refractivity contribution in [2.45, 2.75) is 49.5 Å². The van der Waals surface area contributed by atoms with Gasteiger partial charge in [0, 0.05) is 12.5 Å². The molecule has 0 bridgehead atoms. The average molecular weight is 534 g/mol. The molecule has 0 spiro atoms. The predicted molar refractivity (Wildman–Crippen MR) is 162 cm³/mol. The third-order valence-corrected chi connectivity index (χ3v) is 8.35. The third kappa shape index (κ3) is 5.78. The highest BCUT2D eigenvalue weighted by Crippen LogP contribution is 2.42. The Kier molecular flexibility index (Phi) is 9.34. The minimum Gasteiger partial charge on any atom is -0.480 e. The number of benzene rings is 4. The monoisotopic (exact) mass is 533 g/mol. The van der Waals surface area contributed by atoms with Gasteiger partial charge in [0.25, 0.3) is 0 Å². The first-order chi connectivity index (χ1) is 19.3. The number of Topliss-reactive ketones (excluding diaryl/α,β-unsaturated/α-hetero) is 1. The van der Waals surface area contributed by atoms with Crippen molar-refractivity contribution in [1.82, 2.24) is 4.90 Å². The summed E-state index contributed by atoms with van der Waals surface area (Å²) >= 11 is 0. The number of ketones is 1. The maximum Gasteiger partial charge on any atom is 0.318 e. The molecule has 1 unspecified atom stereocenters. The summed E-state index contributed by atoms with van der Waals surface area (Å²) in [4.78, 5) is 29.8. The first-order valence-electron chi connectivity index (χ1n) is 14.0. The molecular weight excluding hydrogens is 494 g/mol. The van der Waals surface area contributed by atoms with Gasteiger partial charge in [-0.15, -0.1) is 0 Å². The van der Waals surface area contributed by atoms with Crippen LogP contribution in [-0.4, -0.2) is 41.9 Å². The summed E-state index contributed by atoms with van der Waals surface area (Å²) in [6.07, 6.45) is 1.63. The van der Waals surface area contributed by atoms with Gasteiger partial charge >= 0.3 is 5.97 Å². The molecule has 206 valence electrons. The summed E-state index contributed by atoms with van der Waals surface area (Å²) < 4.78 is 0. The van der Waals surface area contributed by atoms with Crippen molar-refractivity contribution in [1.29, 1.82) is 0 Å². The number of rotatable bonds is 13. The zero-order chi connectivity index (χ0) is 28.6. The van der Waals surface area contributed by atoms with Crippen LogP contribution >= 0.6 is 0 Å². The molecule has 0 amide bonds. The standard InChI is InChI=1S/C36H39NO3/c1-28(37(2)3)27-36(31-21-12-6-13-22-31,32-23-14-7-15-24-32)33(38)25-16-26-35(34(39)40,29-17-8-4-9-18-29)30-19-10-5-11-20-30/h4-15,17-24,28H,16,25-27H2,1-3H3,(H,39,40). The number of nitrogens with zero attached hydrogens (tertiary/aromatic N) is 1. The SMILES string of the molecule is CC(CC(C(=O)CCCC(C(=O)O)(c1ccccc1)c1ccccc1)(c1ccccc1)c1ccccc1)N(C)C. The Morgan fingerprint density at radius 1 is 0.650 bits per heavy atom. The van der Waals surface area contributed by atoms with E-state index in [0.29, 0.717) is 19.3 Å². The van der Waals surface area contributed by atoms with Gasteiger partial charge in [-0.2, -0.15) is 0 Å². The fourth-order valence-electron chi connectivity index (χ4n) is 5.89. The van der Waals surface area contributed by atoms with Gasteiger partial charge in [0.15, 0.2) is 0 Å². The Morgan fingerprint density at radius 3 is 1.32 bits per heavy atom. The van der Waals surface area contributed by atoms with Crippen LogP contribution in [0.2, 0.25) is 0 Å². The van der Waals surface area contributed by atoms with Crippen LogP contribution in [0.15, 0.2) is 121 Å². The van der Waals surface area contributed by atoms with Crippen molar-refractivity contribution < 1.29 is 14.7 Å². The van der Waals surface area contributed by atoms with E-state index < -0.39 is 16.8 Å². The molecule has 4 aromatic rings. The highest BCUT2D eigenvalue weighted by atomic mass is 16.4. The predicted octanol–water partition coefficient (Wildman–Crippen LogP) is 7.12. The third-order valence-electron chi connectivity index (χ3n) is 8.35. The first kappa shape index (κ1) is 29.0. The zero-order valence-electron chi connectivity index (χ0n) is 23.7. The number of carboxylic acids is 1. The molecule has 4 nitrogen and oxygen atoms in total. The molecule has 1 atom stereocenters. The molecule has 4 rings (SSSR count). The Labute approximate surface area is 238 Å². The van der Waals surface area contributed by atoms with Gasteiger partial charge in [0.2, 0.25) is 0 Å². The number of aliphatic carboxylic acids is 1. The fourth-order valence-corrected chi connectivity index (χ4v) is 5.89. The molecule has 0 heterocycles. The van der Waals surface area contributed by atoms with Crippen LogP contribution < -0.4 is 0 Å². The topological polar surface area (TPSA) is 57.6 Å². The normalized spacial score (nSPS) is 12.7. The second kappa shape index (κ2) is 12.9. The molecule has 0 saturated carbocycles. The smallest absolute Gasteiger partial charge is 0.318 e. The molecule has 0 saturated heterocycles. The summed E-state index contributed by atoms with van der Waals surface area (Å²) in [6.45, 7) is 2.15. The summed E-state index contributed by atoms with van der Waals surface area (Å²) in [5.41, 5.74) is 1.28. The van der Waals surface area contributed by atoms with Gasteiger partial charge in [-0.05, 0) is 62.5 Å². The van der Waals surface area contributed by atoms with Gasteiger partial charge in [0.05, 0.1) is 5.41 Å². The van der Waals surface area contributed by atoms with E-state index in [-0.39, 0.29) is 18.2 Å². The van der Waals surface area contributed by atoms with E-state index in [1.165, 1.54) is 0 Å². The molecule has 1 N–H and O–H groups in total. The van der Waals surface area contributed by atoms with Gasteiger partial charge in [-0.1, -0.05) is 121 Å². The molecule has 0 aromatic heterocycles. The second-order valence-electron chi connectivity index (χ2n) is 10.9. The molecule has 0 aliphatic rings. The van der Waals surface area contributed by atoms with Gasteiger partial charge in [-0.25, -0.2) is 0 Å². The Hall–Kier alpha value is -4.02. The number of hydrogen-bond acceptors (Lipinski definition) is 3. The lowest BCUT2D eigenvalue weighted by atomic mass is 9.65. The maximum absolute atomic E-state index is 14.6. The first-order valence-corrected chi connectivity index (χ1v) is 14.0. The van der Waals surface area contributed by atoms with Crippen molar-refractivity contribution >= 4 is 11.8 Å². The molecule has 0 fully saturated rings. The minimum atomic E-state index is -1.25. The Balaban J connectivity index is 1.75. The van der Waals surface area contributed by atoms with Crippen LogP contribution in [-0.2, 0) is 20.4 Å². The molecule has 0 aliphatic carbocycles.